The number of halogens is 6. The lowest BCUT2D eigenvalue weighted by Gasteiger charge is -2.25. The maximum Gasteiger partial charge on any atom is 0.380 e. The summed E-state index contributed by atoms with van der Waals surface area (Å²) in [5.74, 6) is -17.1. The second kappa shape index (κ2) is 8.64. The zero-order valence-electron chi connectivity index (χ0n) is 19.7. The predicted molar refractivity (Wildman–Crippen MR) is 124 cm³/mol. The number of allylic oxidation sites excluding steroid dienone is 2. The van der Waals surface area contributed by atoms with Gasteiger partial charge < -0.3 is 8.83 Å². The van der Waals surface area contributed by atoms with Crippen LogP contribution in [-0.2, 0) is 12.8 Å². The van der Waals surface area contributed by atoms with Gasteiger partial charge in [0.2, 0.25) is 11.8 Å². The van der Waals surface area contributed by atoms with E-state index in [0.717, 1.165) is 0 Å². The summed E-state index contributed by atoms with van der Waals surface area (Å²) >= 11 is 0. The molecule has 0 bridgehead atoms. The molecule has 4 aromatic rings. The number of benzene rings is 2. The zero-order valence-corrected chi connectivity index (χ0v) is 19.7. The van der Waals surface area contributed by atoms with Crippen LogP contribution in [0.1, 0.15) is 36.8 Å². The Labute approximate surface area is 207 Å². The number of oxazole rings is 2. The van der Waals surface area contributed by atoms with Crippen LogP contribution in [0.15, 0.2) is 69.5 Å². The molecule has 37 heavy (non-hydrogen) atoms. The molecule has 1 aliphatic rings. The number of hydrogen-bond acceptors (Lipinski definition) is 4. The largest absolute Gasteiger partial charge is 0.441 e. The molecule has 2 heterocycles. The smallest absolute Gasteiger partial charge is 0.380 e. The molecule has 0 amide bonds. The van der Waals surface area contributed by atoms with E-state index in [0.29, 0.717) is 11.1 Å². The quantitative estimate of drug-likeness (QED) is 0.243. The minimum atomic E-state index is -5.75. The number of nitrogens with zero attached hydrogens (tertiary/aromatic N) is 2. The Kier molecular flexibility index (Phi) is 5.80. The highest BCUT2D eigenvalue weighted by molar-refractivity contribution is 6.00. The summed E-state index contributed by atoms with van der Waals surface area (Å²) in [4.78, 5) is 8.05. The van der Waals surface area contributed by atoms with Gasteiger partial charge in [-0.1, -0.05) is 50.2 Å². The fourth-order valence-corrected chi connectivity index (χ4v) is 4.34. The predicted octanol–water partition coefficient (Wildman–Crippen LogP) is 7.95. The van der Waals surface area contributed by atoms with Crippen LogP contribution >= 0.6 is 0 Å². The van der Waals surface area contributed by atoms with E-state index >= 15 is 17.6 Å². The molecular formula is C27H20F6N2O2. The van der Waals surface area contributed by atoms with Crippen LogP contribution in [0.3, 0.4) is 0 Å². The monoisotopic (exact) mass is 518 g/mol. The van der Waals surface area contributed by atoms with Crippen LogP contribution in [0.4, 0.5) is 26.3 Å². The molecule has 0 fully saturated rings. The average molecular weight is 518 g/mol. The van der Waals surface area contributed by atoms with E-state index in [-0.39, 0.29) is 36.1 Å². The lowest BCUT2D eigenvalue weighted by molar-refractivity contribution is -0.254. The fourth-order valence-electron chi connectivity index (χ4n) is 4.34. The van der Waals surface area contributed by atoms with Crippen molar-refractivity contribution in [1.29, 1.82) is 0 Å². The minimum Gasteiger partial charge on any atom is -0.441 e. The standard InChI is InChI=1S/C27H20F6N2O2/c1-3-17-21(34-23(36-17)15-11-7-5-8-12-15)19-20(26(30,31)27(32,33)25(19,28)29)22-18(4-2)37-24(35-22)16-13-9-6-10-14-16/h5-14H,3-4H2,1-2H3. The number of aromatic nitrogens is 2. The fraction of sp³-hybridized carbons (Fsp3) is 0.259. The molecule has 5 rings (SSSR count). The van der Waals surface area contributed by atoms with E-state index < -0.39 is 40.3 Å². The van der Waals surface area contributed by atoms with Gasteiger partial charge in [0.15, 0.2) is 0 Å². The van der Waals surface area contributed by atoms with Crippen LogP contribution < -0.4 is 0 Å². The number of rotatable bonds is 6. The molecule has 2 aromatic carbocycles. The van der Waals surface area contributed by atoms with Gasteiger partial charge in [0.25, 0.3) is 0 Å². The topological polar surface area (TPSA) is 52.1 Å². The summed E-state index contributed by atoms with van der Waals surface area (Å²) in [5.41, 5.74) is -4.02. The minimum absolute atomic E-state index is 0.0616. The molecule has 192 valence electrons. The summed E-state index contributed by atoms with van der Waals surface area (Å²) in [6.07, 6.45) is -0.123. The Morgan fingerprint density at radius 2 is 0.946 bits per heavy atom. The molecule has 0 radical (unpaired) electrons. The molecule has 0 saturated carbocycles. The van der Waals surface area contributed by atoms with Crippen molar-refractivity contribution in [3.8, 4) is 22.9 Å². The SMILES string of the molecule is CCc1oc(-c2ccccc2)nc1C1=C(c2nc(-c3ccccc3)oc2CC)C(F)(F)C(F)(F)C1(F)F. The van der Waals surface area contributed by atoms with Gasteiger partial charge in [0.1, 0.15) is 22.9 Å². The van der Waals surface area contributed by atoms with Crippen molar-refractivity contribution in [2.75, 3.05) is 0 Å². The summed E-state index contributed by atoms with van der Waals surface area (Å²) in [7, 11) is 0. The molecule has 4 nitrogen and oxygen atoms in total. The maximum absolute atomic E-state index is 15.4. The average Bonchev–Trinajstić information content (AvgIpc) is 3.54. The van der Waals surface area contributed by atoms with E-state index in [1.165, 1.54) is 13.8 Å². The van der Waals surface area contributed by atoms with Crippen molar-refractivity contribution in [2.45, 2.75) is 44.5 Å². The lowest BCUT2D eigenvalue weighted by Crippen LogP contribution is -2.49. The summed E-state index contributed by atoms with van der Waals surface area (Å²) in [5, 5.41) is 0. The molecule has 2 aromatic heterocycles. The third-order valence-electron chi connectivity index (χ3n) is 6.22. The molecule has 0 N–H and O–H groups in total. The second-order valence-corrected chi connectivity index (χ2v) is 8.49. The Hall–Kier alpha value is -3.82. The van der Waals surface area contributed by atoms with Crippen molar-refractivity contribution in [1.82, 2.24) is 9.97 Å². The first-order valence-corrected chi connectivity index (χ1v) is 11.5. The molecular weight excluding hydrogens is 498 g/mol. The summed E-state index contributed by atoms with van der Waals surface area (Å²) in [6, 6.07) is 16.2. The molecule has 0 spiro atoms. The van der Waals surface area contributed by atoms with Crippen LogP contribution in [0.5, 0.6) is 0 Å². The first kappa shape index (κ1) is 24.9. The van der Waals surface area contributed by atoms with E-state index in [1.807, 2.05) is 0 Å². The molecule has 0 atom stereocenters. The van der Waals surface area contributed by atoms with Gasteiger partial charge in [0.05, 0.1) is 11.1 Å². The lowest BCUT2D eigenvalue weighted by atomic mass is 9.99. The highest BCUT2D eigenvalue weighted by Crippen LogP contribution is 2.65. The van der Waals surface area contributed by atoms with Gasteiger partial charge in [-0.25, -0.2) is 9.97 Å². The second-order valence-electron chi connectivity index (χ2n) is 8.49. The molecule has 0 aliphatic heterocycles. The number of aryl methyl sites for hydroxylation is 2. The van der Waals surface area contributed by atoms with E-state index in [2.05, 4.69) is 9.97 Å². The van der Waals surface area contributed by atoms with Gasteiger partial charge in [0, 0.05) is 24.0 Å². The third-order valence-corrected chi connectivity index (χ3v) is 6.22. The van der Waals surface area contributed by atoms with Crippen molar-refractivity contribution in [3.63, 3.8) is 0 Å². The molecule has 0 unspecified atom stereocenters. The van der Waals surface area contributed by atoms with E-state index in [9.17, 15) is 8.78 Å². The molecule has 0 saturated heterocycles. The third kappa shape index (κ3) is 3.60. The van der Waals surface area contributed by atoms with Gasteiger partial charge in [-0.05, 0) is 24.3 Å². The van der Waals surface area contributed by atoms with Crippen LogP contribution in [0, 0.1) is 0 Å². The Morgan fingerprint density at radius 1 is 0.595 bits per heavy atom. The number of alkyl halides is 6. The Balaban J connectivity index is 1.82. The van der Waals surface area contributed by atoms with Crippen molar-refractivity contribution >= 4 is 11.1 Å². The van der Waals surface area contributed by atoms with Crippen molar-refractivity contribution in [2.24, 2.45) is 0 Å². The zero-order chi connectivity index (χ0) is 26.6. The summed E-state index contributed by atoms with van der Waals surface area (Å²) < 4.78 is 102. The van der Waals surface area contributed by atoms with Crippen LogP contribution in [0.25, 0.3) is 34.1 Å². The van der Waals surface area contributed by atoms with Gasteiger partial charge in [-0.2, -0.15) is 26.3 Å². The van der Waals surface area contributed by atoms with E-state index in [4.69, 9.17) is 8.83 Å². The summed E-state index contributed by atoms with van der Waals surface area (Å²) in [6.45, 7) is 3.03. The van der Waals surface area contributed by atoms with Gasteiger partial charge in [-0.15, -0.1) is 0 Å². The van der Waals surface area contributed by atoms with Crippen LogP contribution in [0.2, 0.25) is 0 Å². The number of hydrogen-bond donors (Lipinski definition) is 0. The maximum atomic E-state index is 15.4. The molecule has 10 heteroatoms. The van der Waals surface area contributed by atoms with Gasteiger partial charge in [-0.3, -0.25) is 0 Å². The van der Waals surface area contributed by atoms with Gasteiger partial charge >= 0.3 is 17.8 Å². The highest BCUT2D eigenvalue weighted by atomic mass is 19.3. The first-order valence-electron chi connectivity index (χ1n) is 11.5. The van der Waals surface area contributed by atoms with E-state index in [1.54, 1.807) is 60.7 Å². The van der Waals surface area contributed by atoms with Crippen molar-refractivity contribution < 1.29 is 35.2 Å². The van der Waals surface area contributed by atoms with Crippen LogP contribution in [-0.4, -0.2) is 27.7 Å². The Morgan fingerprint density at radius 3 is 1.27 bits per heavy atom. The highest BCUT2D eigenvalue weighted by Gasteiger charge is 2.81. The first-order chi connectivity index (χ1) is 17.5. The van der Waals surface area contributed by atoms with Crippen molar-refractivity contribution in [3.05, 3.63) is 83.6 Å². The molecule has 1 aliphatic carbocycles. The Bertz CT molecular complexity index is 1360. The normalized spacial score (nSPS) is 17.9.